The van der Waals surface area contributed by atoms with Crippen LogP contribution in [0.2, 0.25) is 0 Å². The quantitative estimate of drug-likeness (QED) is 0.483. The number of rotatable bonds is 6. The molecular weight excluding hydrogens is 352 g/mol. The molecule has 0 aliphatic rings. The van der Waals surface area contributed by atoms with E-state index in [4.69, 9.17) is 0 Å². The number of H-pyrrole nitrogens is 1. The molecular formula is C23H20N2O3. The van der Waals surface area contributed by atoms with Crippen LogP contribution in [0.15, 0.2) is 72.9 Å². The number of aromatic nitrogens is 1. The Bertz CT molecular complexity index is 1160. The van der Waals surface area contributed by atoms with Crippen LogP contribution in [0.1, 0.15) is 11.1 Å². The van der Waals surface area contributed by atoms with E-state index in [1.54, 1.807) is 6.20 Å². The fourth-order valence-electron chi connectivity index (χ4n) is 3.50. The largest absolute Gasteiger partial charge is 0.480 e. The fourth-order valence-corrected chi connectivity index (χ4v) is 3.50. The Morgan fingerprint density at radius 2 is 1.71 bits per heavy atom. The molecule has 0 spiro atoms. The molecule has 0 radical (unpaired) electrons. The number of para-hydroxylation sites is 1. The van der Waals surface area contributed by atoms with Gasteiger partial charge in [-0.1, -0.05) is 60.7 Å². The van der Waals surface area contributed by atoms with Gasteiger partial charge in [0.05, 0.1) is 6.42 Å². The number of carboxylic acid groups (broad SMARTS) is 1. The third-order valence-corrected chi connectivity index (χ3v) is 4.91. The SMILES string of the molecule is O=C(Cc1ccc2ccccc2c1)N[C@@H](Cc1c[nH]c2ccccc12)C(=O)O. The zero-order chi connectivity index (χ0) is 19.5. The van der Waals surface area contributed by atoms with Crippen LogP contribution in [-0.4, -0.2) is 28.0 Å². The smallest absolute Gasteiger partial charge is 0.326 e. The number of carbonyl (C=O) groups excluding carboxylic acids is 1. The third-order valence-electron chi connectivity index (χ3n) is 4.91. The lowest BCUT2D eigenvalue weighted by atomic mass is 10.0. The van der Waals surface area contributed by atoms with E-state index < -0.39 is 12.0 Å². The minimum Gasteiger partial charge on any atom is -0.480 e. The standard InChI is InChI=1S/C23H20N2O3/c26-22(12-15-9-10-16-5-1-2-6-17(16)11-15)25-21(23(27)28)13-18-14-24-20-8-4-3-7-19(18)20/h1-11,14,21,24H,12-13H2,(H,25,26)(H,27,28)/t21-/m0/s1. The zero-order valence-electron chi connectivity index (χ0n) is 15.2. The number of hydrogen-bond acceptors (Lipinski definition) is 2. The Labute approximate surface area is 162 Å². The van der Waals surface area contributed by atoms with Crippen LogP contribution >= 0.6 is 0 Å². The number of fused-ring (bicyclic) bond motifs is 2. The average molecular weight is 372 g/mol. The van der Waals surface area contributed by atoms with Crippen LogP contribution in [0.25, 0.3) is 21.7 Å². The molecule has 0 saturated carbocycles. The molecule has 4 aromatic rings. The molecule has 3 aromatic carbocycles. The predicted molar refractivity (Wildman–Crippen MR) is 109 cm³/mol. The summed E-state index contributed by atoms with van der Waals surface area (Å²) in [6, 6.07) is 20.5. The van der Waals surface area contributed by atoms with Crippen molar-refractivity contribution in [3.63, 3.8) is 0 Å². The summed E-state index contributed by atoms with van der Waals surface area (Å²) in [5.74, 6) is -1.35. The van der Waals surface area contributed by atoms with E-state index in [1.165, 1.54) is 0 Å². The van der Waals surface area contributed by atoms with E-state index in [0.29, 0.717) is 0 Å². The van der Waals surface area contributed by atoms with Gasteiger partial charge in [-0.3, -0.25) is 4.79 Å². The van der Waals surface area contributed by atoms with Crippen molar-refractivity contribution >= 4 is 33.6 Å². The Morgan fingerprint density at radius 1 is 0.964 bits per heavy atom. The first-order chi connectivity index (χ1) is 13.6. The molecule has 0 unspecified atom stereocenters. The van der Waals surface area contributed by atoms with E-state index in [-0.39, 0.29) is 18.7 Å². The minimum absolute atomic E-state index is 0.141. The number of amides is 1. The first kappa shape index (κ1) is 17.8. The van der Waals surface area contributed by atoms with Gasteiger partial charge in [0.25, 0.3) is 0 Å². The van der Waals surface area contributed by atoms with Gasteiger partial charge in [0.15, 0.2) is 0 Å². The van der Waals surface area contributed by atoms with Crippen molar-refractivity contribution in [1.82, 2.24) is 10.3 Å². The van der Waals surface area contributed by atoms with E-state index >= 15 is 0 Å². The lowest BCUT2D eigenvalue weighted by molar-refractivity contribution is -0.141. The lowest BCUT2D eigenvalue weighted by Crippen LogP contribution is -2.43. The number of aromatic amines is 1. The number of benzene rings is 3. The summed E-state index contributed by atoms with van der Waals surface area (Å²) in [5, 5.41) is 15.4. The number of hydrogen-bond donors (Lipinski definition) is 3. The van der Waals surface area contributed by atoms with E-state index in [1.807, 2.05) is 66.7 Å². The molecule has 5 heteroatoms. The van der Waals surface area contributed by atoms with Gasteiger partial charge in [-0.15, -0.1) is 0 Å². The van der Waals surface area contributed by atoms with Crippen LogP contribution in [-0.2, 0) is 22.4 Å². The highest BCUT2D eigenvalue weighted by Gasteiger charge is 2.22. The second-order valence-electron chi connectivity index (χ2n) is 6.88. The Balaban J connectivity index is 1.47. The van der Waals surface area contributed by atoms with Gasteiger partial charge in [0, 0.05) is 23.5 Å². The summed E-state index contributed by atoms with van der Waals surface area (Å²) in [4.78, 5) is 27.3. The van der Waals surface area contributed by atoms with Gasteiger partial charge in [-0.25, -0.2) is 4.79 Å². The Kier molecular flexibility index (Phi) is 4.81. The maximum atomic E-state index is 12.5. The fraction of sp³-hybridized carbons (Fsp3) is 0.130. The Morgan fingerprint density at radius 3 is 2.54 bits per heavy atom. The molecule has 0 fully saturated rings. The number of carbonyl (C=O) groups is 2. The van der Waals surface area contributed by atoms with Crippen molar-refractivity contribution in [2.75, 3.05) is 0 Å². The van der Waals surface area contributed by atoms with Crippen LogP contribution in [0.3, 0.4) is 0 Å². The highest BCUT2D eigenvalue weighted by atomic mass is 16.4. The van der Waals surface area contributed by atoms with Crippen LogP contribution in [0.5, 0.6) is 0 Å². The maximum Gasteiger partial charge on any atom is 0.326 e. The van der Waals surface area contributed by atoms with Crippen molar-refractivity contribution in [3.05, 3.63) is 84.1 Å². The molecule has 140 valence electrons. The monoisotopic (exact) mass is 372 g/mol. The second kappa shape index (κ2) is 7.56. The van der Waals surface area contributed by atoms with Crippen LogP contribution in [0, 0.1) is 0 Å². The molecule has 5 nitrogen and oxygen atoms in total. The van der Waals surface area contributed by atoms with Gasteiger partial charge in [-0.2, -0.15) is 0 Å². The molecule has 1 amide bonds. The molecule has 0 aliphatic heterocycles. The maximum absolute atomic E-state index is 12.5. The molecule has 3 N–H and O–H groups in total. The summed E-state index contributed by atoms with van der Waals surface area (Å²) in [7, 11) is 0. The third kappa shape index (κ3) is 3.74. The zero-order valence-corrected chi connectivity index (χ0v) is 15.2. The van der Waals surface area contributed by atoms with E-state index in [2.05, 4.69) is 10.3 Å². The number of carboxylic acids is 1. The molecule has 1 aromatic heterocycles. The molecule has 0 saturated heterocycles. The van der Waals surface area contributed by atoms with Gasteiger partial charge < -0.3 is 15.4 Å². The van der Waals surface area contributed by atoms with Crippen molar-refractivity contribution in [2.24, 2.45) is 0 Å². The lowest BCUT2D eigenvalue weighted by Gasteiger charge is -2.14. The first-order valence-electron chi connectivity index (χ1n) is 9.15. The summed E-state index contributed by atoms with van der Waals surface area (Å²) < 4.78 is 0. The molecule has 0 bridgehead atoms. The predicted octanol–water partition coefficient (Wildman–Crippen LogP) is 3.68. The summed E-state index contributed by atoms with van der Waals surface area (Å²) in [6.45, 7) is 0. The summed E-state index contributed by atoms with van der Waals surface area (Å²) >= 11 is 0. The van der Waals surface area contributed by atoms with Crippen molar-refractivity contribution in [3.8, 4) is 0 Å². The van der Waals surface area contributed by atoms with Crippen LogP contribution in [0.4, 0.5) is 0 Å². The normalized spacial score (nSPS) is 12.1. The van der Waals surface area contributed by atoms with Crippen molar-refractivity contribution < 1.29 is 14.7 Å². The number of aliphatic carboxylic acids is 1. The molecule has 0 aliphatic carbocycles. The summed E-state index contributed by atoms with van der Waals surface area (Å²) in [5.41, 5.74) is 2.67. The highest BCUT2D eigenvalue weighted by Crippen LogP contribution is 2.19. The van der Waals surface area contributed by atoms with Gasteiger partial charge in [-0.05, 0) is 28.0 Å². The van der Waals surface area contributed by atoms with Crippen molar-refractivity contribution in [1.29, 1.82) is 0 Å². The molecule has 28 heavy (non-hydrogen) atoms. The van der Waals surface area contributed by atoms with Gasteiger partial charge >= 0.3 is 5.97 Å². The topological polar surface area (TPSA) is 82.2 Å². The minimum atomic E-state index is -1.04. The molecule has 1 heterocycles. The van der Waals surface area contributed by atoms with E-state index in [0.717, 1.165) is 32.8 Å². The van der Waals surface area contributed by atoms with Crippen LogP contribution < -0.4 is 5.32 Å². The second-order valence-corrected chi connectivity index (χ2v) is 6.88. The number of nitrogens with one attached hydrogen (secondary N) is 2. The van der Waals surface area contributed by atoms with E-state index in [9.17, 15) is 14.7 Å². The molecule has 1 atom stereocenters. The summed E-state index contributed by atoms with van der Waals surface area (Å²) in [6.07, 6.45) is 2.17. The first-order valence-corrected chi connectivity index (χ1v) is 9.15. The highest BCUT2D eigenvalue weighted by molar-refractivity contribution is 5.88. The van der Waals surface area contributed by atoms with Gasteiger partial charge in [0.1, 0.15) is 6.04 Å². The Hall–Kier alpha value is -3.60. The van der Waals surface area contributed by atoms with Crippen molar-refractivity contribution in [2.45, 2.75) is 18.9 Å². The average Bonchev–Trinajstić information content (AvgIpc) is 3.10. The van der Waals surface area contributed by atoms with Gasteiger partial charge in [0.2, 0.25) is 5.91 Å². The molecule has 4 rings (SSSR count).